The Hall–Kier alpha value is -5.10. The molecule has 3 aromatic carbocycles. The Kier molecular flexibility index (Phi) is 14.0. The van der Waals surface area contributed by atoms with Crippen LogP contribution >= 0.6 is 15.9 Å². The van der Waals surface area contributed by atoms with Crippen LogP contribution in [-0.2, 0) is 45.8 Å². The summed E-state index contributed by atoms with van der Waals surface area (Å²) in [4.78, 5) is 30.2. The minimum Gasteiger partial charge on any atom is -0.508 e. The summed E-state index contributed by atoms with van der Waals surface area (Å²) in [5, 5.41) is 32.1. The molecule has 0 radical (unpaired) electrons. The molecule has 0 saturated heterocycles. The second-order valence-corrected chi connectivity index (χ2v) is 14.8. The number of nitriles is 1. The lowest BCUT2D eigenvalue weighted by Crippen LogP contribution is -2.36. The molecule has 3 heterocycles. The van der Waals surface area contributed by atoms with E-state index in [1.165, 1.54) is 12.1 Å². The van der Waals surface area contributed by atoms with Crippen LogP contribution < -0.4 is 0 Å². The van der Waals surface area contributed by atoms with Crippen molar-refractivity contribution in [2.24, 2.45) is 0 Å². The maximum Gasteiger partial charge on any atom is 0.269 e. The lowest BCUT2D eigenvalue weighted by molar-refractivity contribution is -0.384. The minimum absolute atomic E-state index is 0.0433. The first kappa shape index (κ1) is 39.6. The maximum absolute atomic E-state index is 14.3. The van der Waals surface area contributed by atoms with Gasteiger partial charge in [0.05, 0.1) is 40.3 Å². The number of rotatable bonds is 8. The minimum atomic E-state index is -0.376. The molecule has 0 saturated carbocycles. The van der Waals surface area contributed by atoms with Crippen LogP contribution in [0, 0.1) is 27.3 Å². The molecule has 0 amide bonds. The van der Waals surface area contributed by atoms with Gasteiger partial charge in [-0.15, -0.1) is 0 Å². The number of hydrogen-bond donors (Lipinski definition) is 1. The number of hydrogen-bond acceptors (Lipinski definition) is 10. The number of phenols is 1. The molecule has 11 nitrogen and oxygen atoms in total. The van der Waals surface area contributed by atoms with Gasteiger partial charge in [0.15, 0.2) is 0 Å². The van der Waals surface area contributed by atoms with Gasteiger partial charge in [0, 0.05) is 87.6 Å². The predicted molar refractivity (Wildman–Crippen MR) is 212 cm³/mol. The van der Waals surface area contributed by atoms with E-state index >= 15 is 0 Å². The van der Waals surface area contributed by atoms with Gasteiger partial charge in [-0.2, -0.15) is 5.26 Å². The summed E-state index contributed by atoms with van der Waals surface area (Å²) < 4.78 is 15.1. The van der Waals surface area contributed by atoms with E-state index in [9.17, 15) is 24.9 Å². The van der Waals surface area contributed by atoms with Crippen molar-refractivity contribution < 1.29 is 14.4 Å². The number of nitro benzene ring substituents is 1. The van der Waals surface area contributed by atoms with Gasteiger partial charge < -0.3 is 5.11 Å². The summed E-state index contributed by atoms with van der Waals surface area (Å²) in [6.45, 7) is 6.34. The molecule has 0 aliphatic carbocycles. The fourth-order valence-corrected chi connectivity index (χ4v) is 7.34. The summed E-state index contributed by atoms with van der Waals surface area (Å²) in [5.74, 6) is -0.0693. The Labute approximate surface area is 329 Å². The zero-order valence-corrected chi connectivity index (χ0v) is 32.2. The van der Waals surface area contributed by atoms with Crippen molar-refractivity contribution in [3.63, 3.8) is 0 Å². The average Bonchev–Trinajstić information content (AvgIpc) is 3.15. The van der Waals surface area contributed by atoms with Crippen LogP contribution in [0.4, 0.5) is 10.1 Å². The van der Waals surface area contributed by atoms with Crippen LogP contribution in [-0.4, -0.2) is 72.3 Å². The largest absolute Gasteiger partial charge is 0.508 e. The number of halogens is 2. The molecule has 0 fully saturated rings. The highest BCUT2D eigenvalue weighted by molar-refractivity contribution is 9.10. The van der Waals surface area contributed by atoms with Gasteiger partial charge in [-0.1, -0.05) is 52.3 Å². The standard InChI is InChI=1S/C42H44BrFN8O3/c43-35-14-15-42(53)34(24-35)27-49-18-5-17-48(19-16-45)28-37-9-3-11-39(46-37)30-51(26-32-6-1-8-36(44)22-32)31-40-12-4-10-38(47-40)29-50(21-20-49)25-33-7-2-13-41(23-33)52(54)55/h1-4,6-15,22-24,53H,5,17-21,25-31H2. The first-order valence-corrected chi connectivity index (χ1v) is 19.1. The molecular weight excluding hydrogens is 763 g/mol. The highest BCUT2D eigenvalue weighted by Crippen LogP contribution is 2.24. The van der Waals surface area contributed by atoms with Crippen LogP contribution in [0.15, 0.2) is 108 Å². The number of nitrogens with zero attached hydrogens (tertiary/aromatic N) is 8. The van der Waals surface area contributed by atoms with E-state index < -0.39 is 0 Å². The fourth-order valence-electron chi connectivity index (χ4n) is 6.94. The molecule has 1 aliphatic rings. The normalized spacial score (nSPS) is 15.7. The van der Waals surface area contributed by atoms with Crippen LogP contribution in [0.2, 0.25) is 0 Å². The summed E-state index contributed by atoms with van der Waals surface area (Å²) in [6.07, 6.45) is 0.770. The zero-order chi connectivity index (χ0) is 38.6. The van der Waals surface area contributed by atoms with Gasteiger partial charge in [-0.05, 0) is 78.7 Å². The molecule has 4 bridgehead atoms. The molecule has 6 rings (SSSR count). The molecule has 2 aromatic heterocycles. The predicted octanol–water partition coefficient (Wildman–Crippen LogP) is 7.43. The van der Waals surface area contributed by atoms with Gasteiger partial charge >= 0.3 is 0 Å². The first-order valence-electron chi connectivity index (χ1n) is 18.3. The Bertz CT molecular complexity index is 2110. The third-order valence-electron chi connectivity index (χ3n) is 9.51. The van der Waals surface area contributed by atoms with Crippen molar-refractivity contribution in [3.05, 3.63) is 163 Å². The molecule has 5 aromatic rings. The van der Waals surface area contributed by atoms with Crippen molar-refractivity contribution >= 4 is 21.6 Å². The zero-order valence-electron chi connectivity index (χ0n) is 30.6. The van der Waals surface area contributed by atoms with Crippen LogP contribution in [0.25, 0.3) is 0 Å². The Morgan fingerprint density at radius 3 is 1.93 bits per heavy atom. The number of nitro groups is 1. The van der Waals surface area contributed by atoms with Gasteiger partial charge in [0.25, 0.3) is 5.69 Å². The van der Waals surface area contributed by atoms with Crippen molar-refractivity contribution in [3.8, 4) is 11.8 Å². The van der Waals surface area contributed by atoms with Crippen molar-refractivity contribution in [1.82, 2.24) is 29.6 Å². The van der Waals surface area contributed by atoms with Gasteiger partial charge in [-0.25, -0.2) is 4.39 Å². The van der Waals surface area contributed by atoms with E-state index in [2.05, 4.69) is 41.6 Å². The Balaban J connectivity index is 1.34. The number of aromatic nitrogens is 2. The number of non-ortho nitro benzene ring substituents is 1. The van der Waals surface area contributed by atoms with Crippen molar-refractivity contribution in [2.75, 3.05) is 32.7 Å². The first-order chi connectivity index (χ1) is 26.7. The summed E-state index contributed by atoms with van der Waals surface area (Å²) in [6, 6.07) is 33.1. The molecule has 1 aliphatic heterocycles. The number of benzene rings is 3. The maximum atomic E-state index is 14.3. The van der Waals surface area contributed by atoms with Gasteiger partial charge in [0.2, 0.25) is 0 Å². The monoisotopic (exact) mass is 806 g/mol. The van der Waals surface area contributed by atoms with E-state index in [4.69, 9.17) is 9.97 Å². The quantitative estimate of drug-likeness (QED) is 0.0962. The highest BCUT2D eigenvalue weighted by atomic mass is 79.9. The average molecular weight is 808 g/mol. The fraction of sp³-hybridized carbons (Fsp3) is 0.310. The molecule has 0 unspecified atom stereocenters. The van der Waals surface area contributed by atoms with Crippen LogP contribution in [0.5, 0.6) is 5.75 Å². The second-order valence-electron chi connectivity index (χ2n) is 13.9. The summed E-state index contributed by atoms with van der Waals surface area (Å²) >= 11 is 3.55. The lowest BCUT2D eigenvalue weighted by Gasteiger charge is -2.29. The molecule has 1 N–H and O–H groups in total. The molecule has 0 atom stereocenters. The van der Waals surface area contributed by atoms with E-state index in [0.717, 1.165) is 50.4 Å². The number of aromatic hydroxyl groups is 1. The van der Waals surface area contributed by atoms with Crippen molar-refractivity contribution in [2.45, 2.75) is 52.2 Å². The Morgan fingerprint density at radius 2 is 1.27 bits per heavy atom. The molecule has 0 spiro atoms. The topological polar surface area (TPSA) is 126 Å². The van der Waals surface area contributed by atoms with Gasteiger partial charge in [0.1, 0.15) is 11.6 Å². The van der Waals surface area contributed by atoms with E-state index in [0.29, 0.717) is 72.0 Å². The Morgan fingerprint density at radius 1 is 0.709 bits per heavy atom. The molecule has 284 valence electrons. The van der Waals surface area contributed by atoms with Crippen molar-refractivity contribution in [1.29, 1.82) is 5.26 Å². The third kappa shape index (κ3) is 12.2. The summed E-state index contributed by atoms with van der Waals surface area (Å²) in [7, 11) is 0. The summed E-state index contributed by atoms with van der Waals surface area (Å²) in [5.41, 5.74) is 5.94. The third-order valence-corrected chi connectivity index (χ3v) is 10.00. The molecule has 13 heteroatoms. The lowest BCUT2D eigenvalue weighted by atomic mass is 10.1. The highest BCUT2D eigenvalue weighted by Gasteiger charge is 2.18. The number of fused-ring (bicyclic) bond motifs is 4. The van der Waals surface area contributed by atoms with Crippen LogP contribution in [0.3, 0.4) is 0 Å². The molecule has 55 heavy (non-hydrogen) atoms. The van der Waals surface area contributed by atoms with Crippen LogP contribution in [0.1, 0.15) is 45.9 Å². The van der Waals surface area contributed by atoms with E-state index in [1.807, 2.05) is 60.7 Å². The number of phenolic OH excluding ortho intramolecular Hbond substituents is 1. The second kappa shape index (κ2) is 19.5. The van der Waals surface area contributed by atoms with E-state index in [1.54, 1.807) is 30.3 Å². The van der Waals surface area contributed by atoms with Gasteiger partial charge in [-0.3, -0.25) is 39.7 Å². The van der Waals surface area contributed by atoms with E-state index in [-0.39, 0.29) is 28.7 Å². The number of pyridine rings is 2. The molecular formula is C42H44BrFN8O3. The smallest absolute Gasteiger partial charge is 0.269 e. The SMILES string of the molecule is N#CCN1CCCN(Cc2cc(Br)ccc2O)CCN(Cc2cccc([N+](=O)[O-])c2)Cc2cccc(n2)CN(Cc2cccc(F)c2)Cc2cccc(n2)C1.